The molecule has 1 aromatic rings. The van der Waals surface area contributed by atoms with Gasteiger partial charge in [-0.25, -0.2) is 0 Å². The molecule has 0 radical (unpaired) electrons. The lowest BCUT2D eigenvalue weighted by molar-refractivity contribution is -0.124. The van der Waals surface area contributed by atoms with Gasteiger partial charge in [-0.05, 0) is 42.5 Å². The van der Waals surface area contributed by atoms with Gasteiger partial charge in [-0.2, -0.15) is 0 Å². The van der Waals surface area contributed by atoms with Crippen LogP contribution in [0.25, 0.3) is 0 Å². The quantitative estimate of drug-likeness (QED) is 0.721. The molecule has 0 aromatic heterocycles. The number of thioether (sulfide) groups is 1. The molecule has 1 heterocycles. The number of carbonyl (C=O) groups excluding carboxylic acids is 2. The highest BCUT2D eigenvalue weighted by atomic mass is 35.5. The first kappa shape index (κ1) is 22.8. The van der Waals surface area contributed by atoms with Gasteiger partial charge >= 0.3 is 0 Å². The summed E-state index contributed by atoms with van der Waals surface area (Å²) in [6, 6.07) is 7.33. The Morgan fingerprint density at radius 1 is 1.23 bits per heavy atom. The van der Waals surface area contributed by atoms with E-state index in [1.165, 1.54) is 5.56 Å². The Morgan fingerprint density at radius 3 is 2.46 bits per heavy atom. The Morgan fingerprint density at radius 2 is 1.88 bits per heavy atom. The van der Waals surface area contributed by atoms with Gasteiger partial charge in [0.05, 0.1) is 5.88 Å². The fourth-order valence-electron chi connectivity index (χ4n) is 2.74. The zero-order valence-electron chi connectivity index (χ0n) is 15.8. The van der Waals surface area contributed by atoms with Gasteiger partial charge in [0.25, 0.3) is 5.91 Å². The zero-order valence-corrected chi connectivity index (χ0v) is 17.4. The molecule has 1 fully saturated rings. The molecule has 0 saturated carbocycles. The smallest absolute Gasteiger partial charge is 0.255 e. The van der Waals surface area contributed by atoms with Gasteiger partial charge in [0, 0.05) is 17.9 Å². The Bertz CT molecular complexity index is 602. The van der Waals surface area contributed by atoms with E-state index in [9.17, 15) is 9.59 Å². The number of halogens is 1. The second kappa shape index (κ2) is 10.2. The maximum Gasteiger partial charge on any atom is 0.255 e. The van der Waals surface area contributed by atoms with Gasteiger partial charge in [-0.1, -0.05) is 32.9 Å². The van der Waals surface area contributed by atoms with Crippen molar-refractivity contribution in [2.75, 3.05) is 24.7 Å². The molecule has 0 aliphatic carbocycles. The molecular weight excluding hydrogens is 370 g/mol. The Hall–Kier alpha value is -1.24. The first-order valence-electron chi connectivity index (χ1n) is 8.81. The molecule has 146 valence electrons. The standard InChI is InChI=1S/C19H29N3O2S.ClH/c1-19(2,3)15-8-6-14(7-9-15)18(24)22-13-25-12-16(22)17(23)21-11-5-4-10-20;/h6-9,16H,4-5,10-13,20H2,1-3H3,(H,21,23);1H. The lowest BCUT2D eigenvalue weighted by Gasteiger charge is -2.24. The van der Waals surface area contributed by atoms with Gasteiger partial charge in [0.2, 0.25) is 5.91 Å². The number of hydrogen-bond acceptors (Lipinski definition) is 4. The molecule has 5 nitrogen and oxygen atoms in total. The van der Waals surface area contributed by atoms with E-state index in [4.69, 9.17) is 5.73 Å². The zero-order chi connectivity index (χ0) is 18.4. The van der Waals surface area contributed by atoms with Crippen LogP contribution in [0.2, 0.25) is 0 Å². The second-order valence-electron chi connectivity index (χ2n) is 7.40. The molecule has 3 N–H and O–H groups in total. The lowest BCUT2D eigenvalue weighted by Crippen LogP contribution is -2.47. The van der Waals surface area contributed by atoms with Crippen LogP contribution in [0.1, 0.15) is 49.5 Å². The molecule has 2 amide bonds. The number of nitrogens with one attached hydrogen (secondary N) is 1. The van der Waals surface area contributed by atoms with Crippen LogP contribution in [0.15, 0.2) is 24.3 Å². The van der Waals surface area contributed by atoms with Crippen molar-refractivity contribution in [2.45, 2.75) is 45.1 Å². The van der Waals surface area contributed by atoms with Gasteiger partial charge in [0.1, 0.15) is 6.04 Å². The van der Waals surface area contributed by atoms with E-state index in [0.717, 1.165) is 12.8 Å². The molecule has 1 unspecified atom stereocenters. The predicted molar refractivity (Wildman–Crippen MR) is 111 cm³/mol. The summed E-state index contributed by atoms with van der Waals surface area (Å²) in [5.41, 5.74) is 7.34. The van der Waals surface area contributed by atoms with Crippen molar-refractivity contribution in [1.82, 2.24) is 10.2 Å². The molecule has 2 rings (SSSR count). The second-order valence-corrected chi connectivity index (χ2v) is 8.40. The van der Waals surface area contributed by atoms with Crippen molar-refractivity contribution in [1.29, 1.82) is 0 Å². The summed E-state index contributed by atoms with van der Waals surface area (Å²) in [4.78, 5) is 26.9. The molecule has 26 heavy (non-hydrogen) atoms. The van der Waals surface area contributed by atoms with E-state index in [1.54, 1.807) is 16.7 Å². The van der Waals surface area contributed by atoms with E-state index in [-0.39, 0.29) is 29.6 Å². The third-order valence-corrected chi connectivity index (χ3v) is 5.39. The minimum atomic E-state index is -0.391. The van der Waals surface area contributed by atoms with Crippen molar-refractivity contribution in [2.24, 2.45) is 5.73 Å². The van der Waals surface area contributed by atoms with Crippen LogP contribution in [-0.2, 0) is 10.2 Å². The summed E-state index contributed by atoms with van der Waals surface area (Å²) < 4.78 is 0. The number of hydrogen-bond donors (Lipinski definition) is 2. The highest BCUT2D eigenvalue weighted by molar-refractivity contribution is 7.99. The summed E-state index contributed by atoms with van der Waals surface area (Å²) in [6.45, 7) is 7.67. The van der Waals surface area contributed by atoms with E-state index in [1.807, 2.05) is 24.3 Å². The number of benzene rings is 1. The summed E-state index contributed by atoms with van der Waals surface area (Å²) in [5, 5.41) is 2.92. The number of rotatable bonds is 6. The van der Waals surface area contributed by atoms with Gasteiger partial charge in [0.15, 0.2) is 0 Å². The van der Waals surface area contributed by atoms with Crippen molar-refractivity contribution >= 4 is 36.0 Å². The monoisotopic (exact) mass is 399 g/mol. The molecule has 7 heteroatoms. The molecule has 1 saturated heterocycles. The van der Waals surface area contributed by atoms with E-state index >= 15 is 0 Å². The molecule has 1 aliphatic rings. The van der Waals surface area contributed by atoms with E-state index in [2.05, 4.69) is 26.1 Å². The highest BCUT2D eigenvalue weighted by Crippen LogP contribution is 2.26. The van der Waals surface area contributed by atoms with Crippen LogP contribution in [0.4, 0.5) is 0 Å². The van der Waals surface area contributed by atoms with Crippen molar-refractivity contribution < 1.29 is 9.59 Å². The minimum absolute atomic E-state index is 0. The van der Waals surface area contributed by atoms with Crippen LogP contribution in [0, 0.1) is 0 Å². The Kier molecular flexibility index (Phi) is 8.93. The lowest BCUT2D eigenvalue weighted by atomic mass is 9.86. The summed E-state index contributed by atoms with van der Waals surface area (Å²) >= 11 is 1.62. The number of nitrogens with zero attached hydrogens (tertiary/aromatic N) is 1. The third-order valence-electron chi connectivity index (χ3n) is 4.37. The third kappa shape index (κ3) is 5.89. The van der Waals surface area contributed by atoms with Gasteiger partial charge < -0.3 is 16.0 Å². The summed E-state index contributed by atoms with van der Waals surface area (Å²) in [6.07, 6.45) is 1.76. The molecular formula is C19H30ClN3O2S. The summed E-state index contributed by atoms with van der Waals surface area (Å²) in [7, 11) is 0. The topological polar surface area (TPSA) is 75.4 Å². The molecule has 0 bridgehead atoms. The van der Waals surface area contributed by atoms with Crippen LogP contribution in [0.5, 0.6) is 0 Å². The Balaban J connectivity index is 0.00000338. The Labute approximate surface area is 166 Å². The number of amides is 2. The average molecular weight is 400 g/mol. The fraction of sp³-hybridized carbons (Fsp3) is 0.579. The maximum atomic E-state index is 12.8. The number of unbranched alkanes of at least 4 members (excludes halogenated alkanes) is 1. The van der Waals surface area contributed by atoms with Crippen LogP contribution in [-0.4, -0.2) is 47.5 Å². The minimum Gasteiger partial charge on any atom is -0.354 e. The first-order valence-corrected chi connectivity index (χ1v) is 9.97. The molecule has 1 atom stereocenters. The largest absolute Gasteiger partial charge is 0.354 e. The van der Waals surface area contributed by atoms with Gasteiger partial charge in [-0.15, -0.1) is 24.2 Å². The first-order chi connectivity index (χ1) is 11.8. The molecule has 0 spiro atoms. The van der Waals surface area contributed by atoms with Crippen LogP contribution in [0.3, 0.4) is 0 Å². The van der Waals surface area contributed by atoms with E-state index < -0.39 is 6.04 Å². The van der Waals surface area contributed by atoms with Crippen molar-refractivity contribution in [3.63, 3.8) is 0 Å². The SMILES string of the molecule is CC(C)(C)c1ccc(C(=O)N2CSCC2C(=O)NCCCCN)cc1.Cl. The molecule has 1 aliphatic heterocycles. The van der Waals surface area contributed by atoms with Crippen molar-refractivity contribution in [3.8, 4) is 0 Å². The maximum absolute atomic E-state index is 12.8. The van der Waals surface area contributed by atoms with Crippen molar-refractivity contribution in [3.05, 3.63) is 35.4 Å². The van der Waals surface area contributed by atoms with Gasteiger partial charge in [-0.3, -0.25) is 9.59 Å². The number of nitrogens with two attached hydrogens (primary N) is 1. The van der Waals surface area contributed by atoms with Crippen LogP contribution < -0.4 is 11.1 Å². The summed E-state index contributed by atoms with van der Waals surface area (Å²) in [5.74, 6) is 1.06. The fourth-order valence-corrected chi connectivity index (χ4v) is 3.89. The number of carbonyl (C=O) groups is 2. The van der Waals surface area contributed by atoms with E-state index in [0.29, 0.717) is 30.3 Å². The highest BCUT2D eigenvalue weighted by Gasteiger charge is 2.34. The molecule has 1 aromatic carbocycles. The normalized spacial score (nSPS) is 16.9. The predicted octanol–water partition coefficient (Wildman–Crippen LogP) is 2.78. The average Bonchev–Trinajstić information content (AvgIpc) is 3.07. The van der Waals surface area contributed by atoms with Crippen LogP contribution >= 0.6 is 24.2 Å².